The fraction of sp³-hybridized carbons (Fsp3) is 0.263. The summed E-state index contributed by atoms with van der Waals surface area (Å²) in [6.07, 6.45) is 1.02. The number of nitrogens with one attached hydrogen (secondary N) is 1. The van der Waals surface area contributed by atoms with E-state index in [1.807, 2.05) is 0 Å². The first-order chi connectivity index (χ1) is 13.7. The minimum Gasteiger partial charge on any atom is -0.486 e. The van der Waals surface area contributed by atoms with Crippen LogP contribution in [0.2, 0.25) is 5.02 Å². The van der Waals surface area contributed by atoms with Crippen LogP contribution in [-0.2, 0) is 14.8 Å². The quantitative estimate of drug-likeness (QED) is 0.553. The highest BCUT2D eigenvalue weighted by Gasteiger charge is 2.21. The zero-order valence-electron chi connectivity index (χ0n) is 15.9. The summed E-state index contributed by atoms with van der Waals surface area (Å²) in [5.41, 5.74) is 3.95. The molecule has 0 radical (unpaired) electrons. The van der Waals surface area contributed by atoms with Gasteiger partial charge in [0.1, 0.15) is 19.8 Å². The van der Waals surface area contributed by atoms with Crippen LogP contribution in [0.1, 0.15) is 12.5 Å². The lowest BCUT2D eigenvalue weighted by atomic mass is 10.1. The SMILES string of the molecule is C/C(=N/NC(=O)CN(c1cccc(Cl)c1)S(C)(=O)=O)c1ccc2c(c1)OCCO2. The number of benzene rings is 2. The summed E-state index contributed by atoms with van der Waals surface area (Å²) < 4.78 is 36.2. The molecule has 0 spiro atoms. The van der Waals surface area contributed by atoms with E-state index in [0.717, 1.165) is 16.1 Å². The fourth-order valence-corrected chi connectivity index (χ4v) is 3.71. The van der Waals surface area contributed by atoms with E-state index in [9.17, 15) is 13.2 Å². The molecule has 1 amide bonds. The Hall–Kier alpha value is -2.78. The summed E-state index contributed by atoms with van der Waals surface area (Å²) in [6.45, 7) is 2.25. The maximum Gasteiger partial charge on any atom is 0.260 e. The Labute approximate surface area is 174 Å². The van der Waals surface area contributed by atoms with Gasteiger partial charge in [-0.15, -0.1) is 0 Å². The van der Waals surface area contributed by atoms with E-state index in [4.69, 9.17) is 21.1 Å². The number of rotatable bonds is 6. The van der Waals surface area contributed by atoms with E-state index in [1.165, 1.54) is 6.07 Å². The van der Waals surface area contributed by atoms with E-state index in [-0.39, 0.29) is 0 Å². The van der Waals surface area contributed by atoms with Crippen LogP contribution in [0, 0.1) is 0 Å². The molecule has 29 heavy (non-hydrogen) atoms. The predicted octanol–water partition coefficient (Wildman–Crippen LogP) is 2.42. The molecule has 10 heteroatoms. The smallest absolute Gasteiger partial charge is 0.260 e. The van der Waals surface area contributed by atoms with E-state index in [1.54, 1.807) is 43.3 Å². The number of anilines is 1. The van der Waals surface area contributed by atoms with Crippen molar-refractivity contribution in [2.75, 3.05) is 30.3 Å². The summed E-state index contributed by atoms with van der Waals surface area (Å²) in [6, 6.07) is 11.6. The molecule has 0 saturated heterocycles. The van der Waals surface area contributed by atoms with Crippen molar-refractivity contribution < 1.29 is 22.7 Å². The number of nitrogens with zero attached hydrogens (tertiary/aromatic N) is 2. The van der Waals surface area contributed by atoms with Crippen LogP contribution in [0.25, 0.3) is 0 Å². The van der Waals surface area contributed by atoms with Crippen LogP contribution in [-0.4, -0.2) is 46.1 Å². The van der Waals surface area contributed by atoms with Gasteiger partial charge in [-0.25, -0.2) is 13.8 Å². The number of amides is 1. The van der Waals surface area contributed by atoms with Crippen molar-refractivity contribution >= 4 is 38.9 Å². The second-order valence-electron chi connectivity index (χ2n) is 6.34. The molecule has 2 aromatic carbocycles. The number of sulfonamides is 1. The fourth-order valence-electron chi connectivity index (χ4n) is 2.68. The van der Waals surface area contributed by atoms with Crippen molar-refractivity contribution in [1.29, 1.82) is 0 Å². The van der Waals surface area contributed by atoms with Crippen molar-refractivity contribution in [3.05, 3.63) is 53.1 Å². The largest absolute Gasteiger partial charge is 0.486 e. The van der Waals surface area contributed by atoms with Gasteiger partial charge in [-0.05, 0) is 43.3 Å². The Morgan fingerprint density at radius 3 is 2.59 bits per heavy atom. The second kappa shape index (κ2) is 8.71. The molecule has 0 unspecified atom stereocenters. The van der Waals surface area contributed by atoms with Gasteiger partial charge in [0, 0.05) is 10.6 Å². The van der Waals surface area contributed by atoms with Gasteiger partial charge in [0.2, 0.25) is 10.0 Å². The highest BCUT2D eigenvalue weighted by molar-refractivity contribution is 7.92. The van der Waals surface area contributed by atoms with Crippen LogP contribution in [0.5, 0.6) is 11.5 Å². The van der Waals surface area contributed by atoms with Gasteiger partial charge >= 0.3 is 0 Å². The van der Waals surface area contributed by atoms with Crippen molar-refractivity contribution in [3.8, 4) is 11.5 Å². The van der Waals surface area contributed by atoms with Gasteiger partial charge in [0.05, 0.1) is 17.7 Å². The molecule has 3 rings (SSSR count). The van der Waals surface area contributed by atoms with E-state index < -0.39 is 22.5 Å². The summed E-state index contributed by atoms with van der Waals surface area (Å²) in [4.78, 5) is 12.3. The lowest BCUT2D eigenvalue weighted by molar-refractivity contribution is -0.119. The number of carbonyl (C=O) groups is 1. The third kappa shape index (κ3) is 5.39. The number of fused-ring (bicyclic) bond motifs is 1. The molecule has 1 heterocycles. The van der Waals surface area contributed by atoms with Gasteiger partial charge in [0.15, 0.2) is 11.5 Å². The van der Waals surface area contributed by atoms with Crippen LogP contribution in [0.4, 0.5) is 5.69 Å². The molecule has 0 atom stereocenters. The van der Waals surface area contributed by atoms with Crippen molar-refractivity contribution in [2.45, 2.75) is 6.92 Å². The van der Waals surface area contributed by atoms with Gasteiger partial charge in [-0.2, -0.15) is 5.10 Å². The standard InChI is InChI=1S/C19H20ClN3O5S/c1-13(14-6-7-17-18(10-14)28-9-8-27-17)21-22-19(24)12-23(29(2,25)26)16-5-3-4-15(20)11-16/h3-7,10-11H,8-9,12H2,1-2H3,(H,22,24)/b21-13-. The third-order valence-electron chi connectivity index (χ3n) is 4.09. The first-order valence-electron chi connectivity index (χ1n) is 8.70. The maximum atomic E-state index is 12.3. The first-order valence-corrected chi connectivity index (χ1v) is 10.9. The summed E-state index contributed by atoms with van der Waals surface area (Å²) >= 11 is 5.93. The Balaban J connectivity index is 1.71. The number of hydrogen-bond acceptors (Lipinski definition) is 6. The van der Waals surface area contributed by atoms with Gasteiger partial charge < -0.3 is 9.47 Å². The molecule has 1 N–H and O–H groups in total. The van der Waals surface area contributed by atoms with Gasteiger partial charge in [-0.3, -0.25) is 9.10 Å². The lowest BCUT2D eigenvalue weighted by Crippen LogP contribution is -2.39. The number of halogens is 1. The number of hydrogen-bond donors (Lipinski definition) is 1. The number of carbonyl (C=O) groups excluding carboxylic acids is 1. The molecular formula is C19H20ClN3O5S. The topological polar surface area (TPSA) is 97.3 Å². The van der Waals surface area contributed by atoms with Crippen LogP contribution < -0.4 is 19.2 Å². The Kier molecular flexibility index (Phi) is 6.29. The van der Waals surface area contributed by atoms with Crippen molar-refractivity contribution in [2.24, 2.45) is 5.10 Å². The molecule has 2 aromatic rings. The van der Waals surface area contributed by atoms with Crippen LogP contribution in [0.3, 0.4) is 0 Å². The molecule has 0 saturated carbocycles. The second-order valence-corrected chi connectivity index (χ2v) is 8.68. The van der Waals surface area contributed by atoms with Gasteiger partial charge in [-0.1, -0.05) is 17.7 Å². The molecule has 8 nitrogen and oxygen atoms in total. The predicted molar refractivity (Wildman–Crippen MR) is 111 cm³/mol. The van der Waals surface area contributed by atoms with Crippen LogP contribution in [0.15, 0.2) is 47.6 Å². The average molecular weight is 438 g/mol. The van der Waals surface area contributed by atoms with Crippen molar-refractivity contribution in [3.63, 3.8) is 0 Å². The first kappa shape index (κ1) is 20.9. The Morgan fingerprint density at radius 2 is 1.90 bits per heavy atom. The minimum atomic E-state index is -3.70. The third-order valence-corrected chi connectivity index (χ3v) is 5.47. The molecule has 0 aliphatic carbocycles. The highest BCUT2D eigenvalue weighted by Crippen LogP contribution is 2.30. The minimum absolute atomic E-state index is 0.294. The molecule has 0 bridgehead atoms. The normalized spacial score (nSPS) is 13.7. The Bertz CT molecular complexity index is 1060. The average Bonchev–Trinajstić information content (AvgIpc) is 2.69. The monoisotopic (exact) mass is 437 g/mol. The molecule has 154 valence electrons. The molecule has 1 aliphatic rings. The summed E-state index contributed by atoms with van der Waals surface area (Å²) in [7, 11) is -3.70. The Morgan fingerprint density at radius 1 is 1.17 bits per heavy atom. The molecule has 0 fully saturated rings. The summed E-state index contributed by atoms with van der Waals surface area (Å²) in [5, 5.41) is 4.43. The molecule has 1 aliphatic heterocycles. The molecular weight excluding hydrogens is 418 g/mol. The highest BCUT2D eigenvalue weighted by atomic mass is 35.5. The van der Waals surface area contributed by atoms with Crippen LogP contribution >= 0.6 is 11.6 Å². The van der Waals surface area contributed by atoms with E-state index in [2.05, 4.69) is 10.5 Å². The molecule has 0 aromatic heterocycles. The van der Waals surface area contributed by atoms with E-state index in [0.29, 0.717) is 41.1 Å². The number of hydrazone groups is 1. The van der Waals surface area contributed by atoms with Gasteiger partial charge in [0.25, 0.3) is 5.91 Å². The number of ether oxygens (including phenoxy) is 2. The lowest BCUT2D eigenvalue weighted by Gasteiger charge is -2.21. The summed E-state index contributed by atoms with van der Waals surface area (Å²) in [5.74, 6) is 0.674. The van der Waals surface area contributed by atoms with E-state index >= 15 is 0 Å². The zero-order valence-corrected chi connectivity index (χ0v) is 17.5. The maximum absolute atomic E-state index is 12.3. The van der Waals surface area contributed by atoms with Crippen molar-refractivity contribution in [1.82, 2.24) is 5.43 Å². The zero-order chi connectivity index (χ0) is 21.0.